The number of carboxylic acid groups (broad SMARTS) is 1. The van der Waals surface area contributed by atoms with Gasteiger partial charge in [0.05, 0.1) is 5.56 Å². The van der Waals surface area contributed by atoms with Gasteiger partial charge >= 0.3 is 12.0 Å². The zero-order valence-corrected chi connectivity index (χ0v) is 8.58. The van der Waals surface area contributed by atoms with Crippen LogP contribution in [0.15, 0.2) is 12.4 Å². The van der Waals surface area contributed by atoms with Crippen molar-refractivity contribution in [2.75, 3.05) is 11.4 Å². The van der Waals surface area contributed by atoms with Gasteiger partial charge in [0, 0.05) is 25.4 Å². The normalized spacial score (nSPS) is 15.6. The summed E-state index contributed by atoms with van der Waals surface area (Å²) < 4.78 is 0. The highest BCUT2D eigenvalue weighted by Crippen LogP contribution is 2.10. The third kappa shape index (κ3) is 2.19. The van der Waals surface area contributed by atoms with Crippen LogP contribution < -0.4 is 10.2 Å². The monoisotopic (exact) mass is 236 g/mol. The molecular weight excluding hydrogens is 228 g/mol. The van der Waals surface area contributed by atoms with E-state index >= 15 is 0 Å². The summed E-state index contributed by atoms with van der Waals surface area (Å²) in [7, 11) is 0. The Kier molecular flexibility index (Phi) is 2.69. The summed E-state index contributed by atoms with van der Waals surface area (Å²) in [6.07, 6.45) is 2.37. The Labute approximate surface area is 95.3 Å². The molecule has 88 valence electrons. The van der Waals surface area contributed by atoms with E-state index in [1.165, 1.54) is 4.90 Å². The number of aromatic carboxylic acids is 1. The van der Waals surface area contributed by atoms with Gasteiger partial charge in [0.2, 0.25) is 11.9 Å². The average Bonchev–Trinajstić information content (AvgIpc) is 2.29. The second-order valence-electron chi connectivity index (χ2n) is 3.33. The number of anilines is 1. The van der Waals surface area contributed by atoms with Crippen LogP contribution in [0.4, 0.5) is 10.7 Å². The molecule has 8 heteroatoms. The van der Waals surface area contributed by atoms with Crippen molar-refractivity contribution in [1.29, 1.82) is 0 Å². The summed E-state index contributed by atoms with van der Waals surface area (Å²) in [5.41, 5.74) is -0.0674. The summed E-state index contributed by atoms with van der Waals surface area (Å²) in [5, 5.41) is 10.8. The fourth-order valence-corrected chi connectivity index (χ4v) is 1.33. The van der Waals surface area contributed by atoms with Crippen molar-refractivity contribution in [3.63, 3.8) is 0 Å². The predicted molar refractivity (Wildman–Crippen MR) is 54.5 cm³/mol. The predicted octanol–water partition coefficient (Wildman–Crippen LogP) is -0.379. The topological polar surface area (TPSA) is 112 Å². The molecule has 1 fully saturated rings. The largest absolute Gasteiger partial charge is 0.478 e. The van der Waals surface area contributed by atoms with Crippen LogP contribution in [0.5, 0.6) is 0 Å². The fraction of sp³-hybridized carbons (Fsp3) is 0.222. The number of amides is 3. The molecule has 17 heavy (non-hydrogen) atoms. The second kappa shape index (κ2) is 4.16. The van der Waals surface area contributed by atoms with E-state index in [1.54, 1.807) is 0 Å². The van der Waals surface area contributed by atoms with E-state index in [1.807, 2.05) is 0 Å². The Morgan fingerprint density at radius 1 is 1.35 bits per heavy atom. The first kappa shape index (κ1) is 11.0. The average molecular weight is 236 g/mol. The number of nitrogens with one attached hydrogen (secondary N) is 1. The van der Waals surface area contributed by atoms with Crippen molar-refractivity contribution >= 4 is 23.9 Å². The molecule has 1 aromatic rings. The smallest absolute Gasteiger partial charge is 0.338 e. The number of rotatable bonds is 2. The van der Waals surface area contributed by atoms with Crippen LogP contribution in [0.3, 0.4) is 0 Å². The molecule has 8 nitrogen and oxygen atoms in total. The molecule has 1 aromatic heterocycles. The SMILES string of the molecule is O=C1CCN(c2ncc(C(=O)O)cn2)C(=O)N1. The number of nitrogens with zero attached hydrogens (tertiary/aromatic N) is 3. The molecule has 2 heterocycles. The zero-order valence-electron chi connectivity index (χ0n) is 8.58. The number of urea groups is 1. The Morgan fingerprint density at radius 2 is 2.00 bits per heavy atom. The van der Waals surface area contributed by atoms with Gasteiger partial charge in [0.1, 0.15) is 0 Å². The third-order valence-corrected chi connectivity index (χ3v) is 2.18. The minimum Gasteiger partial charge on any atom is -0.478 e. The minimum absolute atomic E-state index is 0.0674. The van der Waals surface area contributed by atoms with Crippen molar-refractivity contribution < 1.29 is 19.5 Å². The molecule has 1 saturated heterocycles. The lowest BCUT2D eigenvalue weighted by Gasteiger charge is -2.24. The Bertz CT molecular complexity index is 484. The van der Waals surface area contributed by atoms with Gasteiger partial charge in [-0.15, -0.1) is 0 Å². The molecule has 0 saturated carbocycles. The molecule has 0 spiro atoms. The lowest BCUT2D eigenvalue weighted by Crippen LogP contribution is -2.50. The van der Waals surface area contributed by atoms with Gasteiger partial charge in [0.25, 0.3) is 0 Å². The highest BCUT2D eigenvalue weighted by molar-refractivity contribution is 6.04. The number of imide groups is 1. The minimum atomic E-state index is -1.14. The van der Waals surface area contributed by atoms with Gasteiger partial charge in [-0.2, -0.15) is 0 Å². The maximum absolute atomic E-state index is 11.4. The van der Waals surface area contributed by atoms with Crippen LogP contribution in [-0.2, 0) is 4.79 Å². The highest BCUT2D eigenvalue weighted by atomic mass is 16.4. The van der Waals surface area contributed by atoms with E-state index in [-0.39, 0.29) is 30.4 Å². The standard InChI is InChI=1S/C9H8N4O4/c14-6-1-2-13(9(17)12-6)8-10-3-5(4-11-8)7(15)16/h3-4H,1-2H2,(H,15,16)(H,12,14,17). The fourth-order valence-electron chi connectivity index (χ4n) is 1.33. The highest BCUT2D eigenvalue weighted by Gasteiger charge is 2.26. The van der Waals surface area contributed by atoms with Crippen molar-refractivity contribution in [1.82, 2.24) is 15.3 Å². The van der Waals surface area contributed by atoms with E-state index in [4.69, 9.17) is 5.11 Å². The van der Waals surface area contributed by atoms with Crippen molar-refractivity contribution in [2.24, 2.45) is 0 Å². The third-order valence-electron chi connectivity index (χ3n) is 2.18. The molecule has 3 amide bonds. The molecule has 0 atom stereocenters. The lowest BCUT2D eigenvalue weighted by molar-refractivity contribution is -0.120. The summed E-state index contributed by atoms with van der Waals surface area (Å²) in [6, 6.07) is -0.607. The number of aromatic nitrogens is 2. The molecule has 0 unspecified atom stereocenters. The van der Waals surface area contributed by atoms with Crippen molar-refractivity contribution in [3.05, 3.63) is 18.0 Å². The Morgan fingerprint density at radius 3 is 2.53 bits per heavy atom. The lowest BCUT2D eigenvalue weighted by atomic mass is 10.3. The molecule has 0 radical (unpaired) electrons. The van der Waals surface area contributed by atoms with Crippen LogP contribution in [-0.4, -0.2) is 39.5 Å². The van der Waals surface area contributed by atoms with Crippen molar-refractivity contribution in [3.8, 4) is 0 Å². The molecule has 0 aromatic carbocycles. The quantitative estimate of drug-likeness (QED) is 0.723. The van der Waals surface area contributed by atoms with E-state index in [0.29, 0.717) is 0 Å². The van der Waals surface area contributed by atoms with E-state index < -0.39 is 12.0 Å². The maximum Gasteiger partial charge on any atom is 0.338 e. The molecular formula is C9H8N4O4. The first-order chi connectivity index (χ1) is 8.08. The number of hydrogen-bond donors (Lipinski definition) is 2. The van der Waals surface area contributed by atoms with Gasteiger partial charge in [-0.1, -0.05) is 0 Å². The van der Waals surface area contributed by atoms with Crippen LogP contribution in [0.25, 0.3) is 0 Å². The summed E-state index contributed by atoms with van der Waals surface area (Å²) >= 11 is 0. The van der Waals surface area contributed by atoms with Crippen LogP contribution >= 0.6 is 0 Å². The van der Waals surface area contributed by atoms with Crippen LogP contribution in [0.2, 0.25) is 0 Å². The van der Waals surface area contributed by atoms with Gasteiger partial charge in [-0.05, 0) is 0 Å². The summed E-state index contributed by atoms with van der Waals surface area (Å²) in [4.78, 5) is 41.6. The first-order valence-electron chi connectivity index (χ1n) is 4.74. The first-order valence-corrected chi connectivity index (χ1v) is 4.74. The second-order valence-corrected chi connectivity index (χ2v) is 3.33. The van der Waals surface area contributed by atoms with E-state index in [2.05, 4.69) is 15.3 Å². The summed E-state index contributed by atoms with van der Waals surface area (Å²) in [5.74, 6) is -1.43. The van der Waals surface area contributed by atoms with Gasteiger partial charge in [0.15, 0.2) is 0 Å². The molecule has 1 aliphatic heterocycles. The number of carbonyl (C=O) groups excluding carboxylic acids is 2. The number of hydrogen-bond acceptors (Lipinski definition) is 5. The van der Waals surface area contributed by atoms with Crippen molar-refractivity contribution in [2.45, 2.75) is 6.42 Å². The van der Waals surface area contributed by atoms with Crippen LogP contribution in [0, 0.1) is 0 Å². The Balaban J connectivity index is 2.20. The number of carboxylic acids is 1. The van der Waals surface area contributed by atoms with Gasteiger partial charge < -0.3 is 5.11 Å². The molecule has 1 aliphatic rings. The summed E-state index contributed by atoms with van der Waals surface area (Å²) in [6.45, 7) is 0.178. The molecule has 0 aliphatic carbocycles. The molecule has 2 N–H and O–H groups in total. The van der Waals surface area contributed by atoms with E-state index in [0.717, 1.165) is 12.4 Å². The van der Waals surface area contributed by atoms with Gasteiger partial charge in [-0.25, -0.2) is 19.6 Å². The van der Waals surface area contributed by atoms with E-state index in [9.17, 15) is 14.4 Å². The Hall–Kier alpha value is -2.51. The van der Waals surface area contributed by atoms with Gasteiger partial charge in [-0.3, -0.25) is 15.0 Å². The van der Waals surface area contributed by atoms with Crippen LogP contribution in [0.1, 0.15) is 16.8 Å². The zero-order chi connectivity index (χ0) is 12.4. The maximum atomic E-state index is 11.4. The molecule has 2 rings (SSSR count). The number of carbonyl (C=O) groups is 3. The molecule has 0 bridgehead atoms.